The number of rotatable bonds is 4. The van der Waals surface area contributed by atoms with Gasteiger partial charge in [-0.1, -0.05) is 15.9 Å². The number of aromatic nitrogens is 2. The molecule has 1 aliphatic rings. The standard InChI is InChI=1S/C16H19BrN4O2/c1-9(10-4-6-23-7-5-10)19-14-12-8-11(17)2-3-13(12)20-21-15(14)16(18)22/h2-3,8-10H,4-7H2,1H3,(H2,18,22)(H,19,20). The number of benzene rings is 1. The first kappa shape index (κ1) is 16.1. The van der Waals surface area contributed by atoms with Crippen LogP contribution in [0.5, 0.6) is 0 Å². The molecule has 1 amide bonds. The molecule has 1 aromatic heterocycles. The molecule has 1 fully saturated rings. The van der Waals surface area contributed by atoms with Gasteiger partial charge in [0, 0.05) is 29.1 Å². The molecule has 0 saturated carbocycles. The summed E-state index contributed by atoms with van der Waals surface area (Å²) < 4.78 is 6.33. The van der Waals surface area contributed by atoms with Gasteiger partial charge in [-0.3, -0.25) is 4.79 Å². The van der Waals surface area contributed by atoms with E-state index in [1.807, 2.05) is 18.2 Å². The van der Waals surface area contributed by atoms with Gasteiger partial charge in [0.05, 0.1) is 11.2 Å². The maximum atomic E-state index is 11.8. The van der Waals surface area contributed by atoms with Gasteiger partial charge >= 0.3 is 0 Å². The molecule has 1 aromatic carbocycles. The number of anilines is 1. The zero-order valence-corrected chi connectivity index (χ0v) is 14.5. The fraction of sp³-hybridized carbons (Fsp3) is 0.438. The Kier molecular flexibility index (Phi) is 4.77. The number of ether oxygens (including phenoxy) is 1. The van der Waals surface area contributed by atoms with Crippen LogP contribution in [0.15, 0.2) is 22.7 Å². The first-order chi connectivity index (χ1) is 11.1. The Bertz CT molecular complexity index is 731. The summed E-state index contributed by atoms with van der Waals surface area (Å²) in [7, 11) is 0. The molecule has 2 aromatic rings. The van der Waals surface area contributed by atoms with Gasteiger partial charge in [0.1, 0.15) is 0 Å². The molecule has 2 heterocycles. The van der Waals surface area contributed by atoms with Crippen LogP contribution >= 0.6 is 15.9 Å². The number of amides is 1. The molecule has 6 nitrogen and oxygen atoms in total. The quantitative estimate of drug-likeness (QED) is 0.853. The first-order valence-corrected chi connectivity index (χ1v) is 8.45. The van der Waals surface area contributed by atoms with Gasteiger partial charge in [-0.15, -0.1) is 10.2 Å². The Balaban J connectivity index is 2.00. The van der Waals surface area contributed by atoms with Crippen molar-refractivity contribution in [1.29, 1.82) is 0 Å². The molecule has 3 N–H and O–H groups in total. The van der Waals surface area contributed by atoms with E-state index in [1.54, 1.807) is 0 Å². The lowest BCUT2D eigenvalue weighted by Gasteiger charge is -2.29. The average Bonchev–Trinajstić information content (AvgIpc) is 2.55. The Labute approximate surface area is 142 Å². The molecule has 0 aliphatic carbocycles. The molecule has 0 bridgehead atoms. The largest absolute Gasteiger partial charge is 0.381 e. The summed E-state index contributed by atoms with van der Waals surface area (Å²) in [4.78, 5) is 11.8. The second kappa shape index (κ2) is 6.80. The van der Waals surface area contributed by atoms with E-state index in [2.05, 4.69) is 38.4 Å². The van der Waals surface area contributed by atoms with E-state index >= 15 is 0 Å². The van der Waals surface area contributed by atoms with E-state index in [-0.39, 0.29) is 11.7 Å². The van der Waals surface area contributed by atoms with Crippen molar-refractivity contribution in [2.75, 3.05) is 18.5 Å². The van der Waals surface area contributed by atoms with Gasteiger partial charge in [0.15, 0.2) is 5.69 Å². The molecule has 1 unspecified atom stereocenters. The van der Waals surface area contributed by atoms with Crippen molar-refractivity contribution in [2.45, 2.75) is 25.8 Å². The highest BCUT2D eigenvalue weighted by Gasteiger charge is 2.23. The third-order valence-electron chi connectivity index (χ3n) is 4.30. The molecule has 3 rings (SSSR count). The predicted molar refractivity (Wildman–Crippen MR) is 92.4 cm³/mol. The van der Waals surface area contributed by atoms with Crippen LogP contribution in [0.1, 0.15) is 30.3 Å². The summed E-state index contributed by atoms with van der Waals surface area (Å²) >= 11 is 3.46. The lowest BCUT2D eigenvalue weighted by molar-refractivity contribution is 0.0622. The highest BCUT2D eigenvalue weighted by Crippen LogP contribution is 2.30. The zero-order chi connectivity index (χ0) is 16.4. The normalized spacial score (nSPS) is 17.1. The van der Waals surface area contributed by atoms with Gasteiger partial charge in [0.2, 0.25) is 0 Å². The highest BCUT2D eigenvalue weighted by atomic mass is 79.9. The van der Waals surface area contributed by atoms with E-state index in [1.165, 1.54) is 0 Å². The molecule has 1 atom stereocenters. The Morgan fingerprint density at radius 2 is 2.13 bits per heavy atom. The van der Waals surface area contributed by atoms with Crippen LogP contribution in [0.4, 0.5) is 5.69 Å². The lowest BCUT2D eigenvalue weighted by atomic mass is 9.92. The van der Waals surface area contributed by atoms with Gasteiger partial charge < -0.3 is 15.8 Å². The smallest absolute Gasteiger partial charge is 0.271 e. The van der Waals surface area contributed by atoms with E-state index in [4.69, 9.17) is 10.5 Å². The van der Waals surface area contributed by atoms with Crippen LogP contribution in [-0.2, 0) is 4.74 Å². The molecule has 122 valence electrons. The average molecular weight is 379 g/mol. The molecule has 0 spiro atoms. The Hall–Kier alpha value is -1.73. The summed E-state index contributed by atoms with van der Waals surface area (Å²) in [5.74, 6) is -0.0964. The number of primary amides is 1. The van der Waals surface area contributed by atoms with Crippen LogP contribution in [0.3, 0.4) is 0 Å². The van der Waals surface area contributed by atoms with E-state index in [0.717, 1.165) is 41.4 Å². The number of carbonyl (C=O) groups is 1. The molecule has 1 aliphatic heterocycles. The molecule has 23 heavy (non-hydrogen) atoms. The number of nitrogens with two attached hydrogens (primary N) is 1. The monoisotopic (exact) mass is 378 g/mol. The minimum Gasteiger partial charge on any atom is -0.381 e. The highest BCUT2D eigenvalue weighted by molar-refractivity contribution is 9.10. The number of carbonyl (C=O) groups excluding carboxylic acids is 1. The summed E-state index contributed by atoms with van der Waals surface area (Å²) in [6, 6.07) is 5.87. The summed E-state index contributed by atoms with van der Waals surface area (Å²) in [5.41, 5.74) is 7.04. The minimum atomic E-state index is -0.582. The maximum absolute atomic E-state index is 11.8. The van der Waals surface area contributed by atoms with Gasteiger partial charge in [-0.05, 0) is 43.9 Å². The first-order valence-electron chi connectivity index (χ1n) is 7.66. The van der Waals surface area contributed by atoms with Crippen LogP contribution in [0, 0.1) is 5.92 Å². The van der Waals surface area contributed by atoms with E-state index < -0.39 is 5.91 Å². The topological polar surface area (TPSA) is 90.1 Å². The molecular weight excluding hydrogens is 360 g/mol. The molecular formula is C16H19BrN4O2. The van der Waals surface area contributed by atoms with E-state index in [9.17, 15) is 4.79 Å². The molecule has 0 radical (unpaired) electrons. The van der Waals surface area contributed by atoms with Crippen molar-refractivity contribution in [2.24, 2.45) is 11.7 Å². The molecule has 1 saturated heterocycles. The summed E-state index contributed by atoms with van der Waals surface area (Å²) in [5, 5.41) is 12.4. The Morgan fingerprint density at radius 3 is 2.83 bits per heavy atom. The number of halogens is 1. The minimum absolute atomic E-state index is 0.175. The number of hydrogen-bond donors (Lipinski definition) is 2. The summed E-state index contributed by atoms with van der Waals surface area (Å²) in [6.45, 7) is 3.67. The number of hydrogen-bond acceptors (Lipinski definition) is 5. The van der Waals surface area contributed by atoms with Gasteiger partial charge in [-0.2, -0.15) is 0 Å². The van der Waals surface area contributed by atoms with Crippen molar-refractivity contribution in [3.05, 3.63) is 28.4 Å². The number of fused-ring (bicyclic) bond motifs is 1. The van der Waals surface area contributed by atoms with Crippen molar-refractivity contribution in [1.82, 2.24) is 10.2 Å². The fourth-order valence-corrected chi connectivity index (χ4v) is 3.32. The zero-order valence-electron chi connectivity index (χ0n) is 12.9. The van der Waals surface area contributed by atoms with Crippen LogP contribution < -0.4 is 11.1 Å². The second-order valence-corrected chi connectivity index (χ2v) is 6.75. The van der Waals surface area contributed by atoms with E-state index in [0.29, 0.717) is 11.6 Å². The molecule has 7 heteroatoms. The predicted octanol–water partition coefficient (Wildman–Crippen LogP) is 2.72. The number of nitrogens with one attached hydrogen (secondary N) is 1. The van der Waals surface area contributed by atoms with Crippen molar-refractivity contribution in [3.8, 4) is 0 Å². The lowest BCUT2D eigenvalue weighted by Crippen LogP contribution is -2.32. The second-order valence-electron chi connectivity index (χ2n) is 5.83. The third-order valence-corrected chi connectivity index (χ3v) is 4.79. The Morgan fingerprint density at radius 1 is 1.39 bits per heavy atom. The van der Waals surface area contributed by atoms with Gasteiger partial charge in [-0.25, -0.2) is 0 Å². The van der Waals surface area contributed by atoms with Crippen molar-refractivity contribution in [3.63, 3.8) is 0 Å². The SMILES string of the molecule is CC(Nc1c(C(N)=O)nnc2ccc(Br)cc12)C1CCOCC1. The fourth-order valence-electron chi connectivity index (χ4n) is 2.96. The van der Waals surface area contributed by atoms with Gasteiger partial charge in [0.25, 0.3) is 5.91 Å². The van der Waals surface area contributed by atoms with Crippen molar-refractivity contribution >= 4 is 38.4 Å². The third kappa shape index (κ3) is 3.45. The van der Waals surface area contributed by atoms with Crippen LogP contribution in [0.25, 0.3) is 10.9 Å². The summed E-state index contributed by atoms with van der Waals surface area (Å²) in [6.07, 6.45) is 2.00. The van der Waals surface area contributed by atoms with Crippen LogP contribution in [0.2, 0.25) is 0 Å². The van der Waals surface area contributed by atoms with Crippen molar-refractivity contribution < 1.29 is 9.53 Å². The van der Waals surface area contributed by atoms with Crippen LogP contribution in [-0.4, -0.2) is 35.4 Å². The maximum Gasteiger partial charge on any atom is 0.271 e. The number of nitrogens with zero attached hydrogens (tertiary/aromatic N) is 2.